The van der Waals surface area contributed by atoms with Crippen LogP contribution in [0.3, 0.4) is 0 Å². The molecule has 0 saturated carbocycles. The number of likely N-dealkylation sites (N-methyl/N-ethyl adjacent to an activating group) is 1. The van der Waals surface area contributed by atoms with Gasteiger partial charge in [-0.2, -0.15) is 0 Å². The Morgan fingerprint density at radius 3 is 2.59 bits per heavy atom. The highest BCUT2D eigenvalue weighted by molar-refractivity contribution is 5.85. The molecule has 1 aromatic rings. The molecule has 4 heteroatoms. The summed E-state index contributed by atoms with van der Waals surface area (Å²) in [5.41, 5.74) is 6.84. The van der Waals surface area contributed by atoms with Crippen molar-refractivity contribution in [1.82, 2.24) is 9.88 Å². The standard InChI is InChI=1S/C13H21N3O/c1-5-16(12(17)13(3,4)14)9-11-8-6-7-10(2)15-11/h6-8H,5,9,14H2,1-4H3. The highest BCUT2D eigenvalue weighted by Crippen LogP contribution is 2.09. The number of rotatable bonds is 4. The van der Waals surface area contributed by atoms with Crippen molar-refractivity contribution in [2.75, 3.05) is 6.54 Å². The predicted molar refractivity (Wildman–Crippen MR) is 68.3 cm³/mol. The van der Waals surface area contributed by atoms with Crippen LogP contribution in [0.15, 0.2) is 18.2 Å². The number of pyridine rings is 1. The third-order valence-corrected chi connectivity index (χ3v) is 2.52. The number of amides is 1. The molecule has 0 aliphatic carbocycles. The smallest absolute Gasteiger partial charge is 0.242 e. The Labute approximate surface area is 103 Å². The zero-order chi connectivity index (χ0) is 13.1. The average molecular weight is 235 g/mol. The summed E-state index contributed by atoms with van der Waals surface area (Å²) in [5.74, 6) is -0.0525. The number of carbonyl (C=O) groups is 1. The van der Waals surface area contributed by atoms with Gasteiger partial charge in [0.25, 0.3) is 0 Å². The number of hydrogen-bond acceptors (Lipinski definition) is 3. The van der Waals surface area contributed by atoms with Gasteiger partial charge in [-0.05, 0) is 39.8 Å². The predicted octanol–water partition coefficient (Wildman–Crippen LogP) is 1.48. The van der Waals surface area contributed by atoms with Gasteiger partial charge in [-0.1, -0.05) is 6.07 Å². The second kappa shape index (κ2) is 5.27. The fraction of sp³-hybridized carbons (Fsp3) is 0.538. The molecular weight excluding hydrogens is 214 g/mol. The molecule has 0 saturated heterocycles. The molecule has 17 heavy (non-hydrogen) atoms. The maximum Gasteiger partial charge on any atom is 0.242 e. The van der Waals surface area contributed by atoms with Crippen LogP contribution in [0.25, 0.3) is 0 Å². The molecule has 0 aliphatic heterocycles. The molecule has 1 heterocycles. The minimum absolute atomic E-state index is 0.0525. The minimum Gasteiger partial charge on any atom is -0.335 e. The summed E-state index contributed by atoms with van der Waals surface area (Å²) in [6.07, 6.45) is 0. The molecule has 0 unspecified atom stereocenters. The van der Waals surface area contributed by atoms with Crippen molar-refractivity contribution in [3.05, 3.63) is 29.6 Å². The lowest BCUT2D eigenvalue weighted by atomic mass is 10.1. The van der Waals surface area contributed by atoms with Crippen LogP contribution in [0.2, 0.25) is 0 Å². The monoisotopic (exact) mass is 235 g/mol. The van der Waals surface area contributed by atoms with Gasteiger partial charge in [0.05, 0.1) is 17.8 Å². The Morgan fingerprint density at radius 1 is 1.47 bits per heavy atom. The van der Waals surface area contributed by atoms with Crippen molar-refractivity contribution in [2.45, 2.75) is 39.8 Å². The van der Waals surface area contributed by atoms with Crippen molar-refractivity contribution < 1.29 is 4.79 Å². The number of aryl methyl sites for hydroxylation is 1. The third kappa shape index (κ3) is 3.82. The zero-order valence-corrected chi connectivity index (χ0v) is 11.0. The van der Waals surface area contributed by atoms with Crippen molar-refractivity contribution >= 4 is 5.91 Å². The lowest BCUT2D eigenvalue weighted by Crippen LogP contribution is -2.50. The lowest BCUT2D eigenvalue weighted by Gasteiger charge is -2.28. The molecule has 1 rings (SSSR count). The van der Waals surface area contributed by atoms with Crippen LogP contribution >= 0.6 is 0 Å². The van der Waals surface area contributed by atoms with E-state index in [1.54, 1.807) is 18.7 Å². The van der Waals surface area contributed by atoms with Crippen LogP contribution < -0.4 is 5.73 Å². The lowest BCUT2D eigenvalue weighted by molar-refractivity contribution is -0.136. The summed E-state index contributed by atoms with van der Waals surface area (Å²) in [7, 11) is 0. The highest BCUT2D eigenvalue weighted by atomic mass is 16.2. The normalized spacial score (nSPS) is 11.4. The van der Waals surface area contributed by atoms with Gasteiger partial charge in [-0.3, -0.25) is 9.78 Å². The largest absolute Gasteiger partial charge is 0.335 e. The van der Waals surface area contributed by atoms with Crippen molar-refractivity contribution in [3.8, 4) is 0 Å². The van der Waals surface area contributed by atoms with Crippen LogP contribution in [0.1, 0.15) is 32.2 Å². The van der Waals surface area contributed by atoms with Crippen LogP contribution in [-0.4, -0.2) is 27.9 Å². The first-order chi connectivity index (χ1) is 7.84. The quantitative estimate of drug-likeness (QED) is 0.860. The Morgan fingerprint density at radius 2 is 2.12 bits per heavy atom. The topological polar surface area (TPSA) is 59.2 Å². The number of aromatic nitrogens is 1. The van der Waals surface area contributed by atoms with Gasteiger partial charge in [0, 0.05) is 12.2 Å². The van der Waals surface area contributed by atoms with Gasteiger partial charge >= 0.3 is 0 Å². The van der Waals surface area contributed by atoms with Crippen molar-refractivity contribution in [1.29, 1.82) is 0 Å². The van der Waals surface area contributed by atoms with E-state index in [0.29, 0.717) is 13.1 Å². The molecule has 0 atom stereocenters. The van der Waals surface area contributed by atoms with Gasteiger partial charge in [0.2, 0.25) is 5.91 Å². The first kappa shape index (κ1) is 13.6. The minimum atomic E-state index is -0.833. The SMILES string of the molecule is CCN(Cc1cccc(C)n1)C(=O)C(C)(C)N. The van der Waals surface area contributed by atoms with Gasteiger partial charge in [-0.25, -0.2) is 0 Å². The van der Waals surface area contributed by atoms with Crippen LogP contribution in [0.4, 0.5) is 0 Å². The van der Waals surface area contributed by atoms with E-state index in [1.165, 1.54) is 0 Å². The van der Waals surface area contributed by atoms with Crippen LogP contribution in [0.5, 0.6) is 0 Å². The van der Waals surface area contributed by atoms with E-state index < -0.39 is 5.54 Å². The van der Waals surface area contributed by atoms with Gasteiger partial charge in [-0.15, -0.1) is 0 Å². The fourth-order valence-corrected chi connectivity index (χ4v) is 1.62. The fourth-order valence-electron chi connectivity index (χ4n) is 1.62. The first-order valence-electron chi connectivity index (χ1n) is 5.85. The number of hydrogen-bond donors (Lipinski definition) is 1. The number of nitrogens with two attached hydrogens (primary N) is 1. The molecule has 0 aliphatic rings. The molecule has 0 bridgehead atoms. The molecule has 1 aromatic heterocycles. The van der Waals surface area contributed by atoms with E-state index in [1.807, 2.05) is 32.0 Å². The summed E-state index contributed by atoms with van der Waals surface area (Å²) in [6.45, 7) is 8.48. The average Bonchev–Trinajstić information content (AvgIpc) is 2.24. The number of carbonyl (C=O) groups excluding carboxylic acids is 1. The zero-order valence-electron chi connectivity index (χ0n) is 11.0. The third-order valence-electron chi connectivity index (χ3n) is 2.52. The number of nitrogens with zero attached hydrogens (tertiary/aromatic N) is 2. The van der Waals surface area contributed by atoms with E-state index in [9.17, 15) is 4.79 Å². The van der Waals surface area contributed by atoms with E-state index >= 15 is 0 Å². The molecule has 0 fully saturated rings. The molecule has 4 nitrogen and oxygen atoms in total. The van der Waals surface area contributed by atoms with Crippen molar-refractivity contribution in [3.63, 3.8) is 0 Å². The summed E-state index contributed by atoms with van der Waals surface area (Å²) in [4.78, 5) is 18.2. The van der Waals surface area contributed by atoms with Crippen LogP contribution in [-0.2, 0) is 11.3 Å². The molecule has 0 radical (unpaired) electrons. The Hall–Kier alpha value is -1.42. The van der Waals surface area contributed by atoms with Gasteiger partial charge in [0.15, 0.2) is 0 Å². The summed E-state index contributed by atoms with van der Waals surface area (Å²) >= 11 is 0. The summed E-state index contributed by atoms with van der Waals surface area (Å²) in [5, 5.41) is 0. The highest BCUT2D eigenvalue weighted by Gasteiger charge is 2.27. The van der Waals surface area contributed by atoms with Gasteiger partial charge < -0.3 is 10.6 Å². The Kier molecular flexibility index (Phi) is 4.23. The van der Waals surface area contributed by atoms with E-state index in [2.05, 4.69) is 4.98 Å². The molecule has 0 spiro atoms. The molecular formula is C13H21N3O. The van der Waals surface area contributed by atoms with E-state index in [4.69, 9.17) is 5.73 Å². The Bertz CT molecular complexity index is 396. The molecule has 94 valence electrons. The van der Waals surface area contributed by atoms with E-state index in [-0.39, 0.29) is 5.91 Å². The maximum atomic E-state index is 12.1. The first-order valence-corrected chi connectivity index (χ1v) is 5.85. The van der Waals surface area contributed by atoms with E-state index in [0.717, 1.165) is 11.4 Å². The van der Waals surface area contributed by atoms with Crippen molar-refractivity contribution in [2.24, 2.45) is 5.73 Å². The summed E-state index contributed by atoms with van der Waals surface area (Å²) in [6, 6.07) is 5.81. The second-order valence-corrected chi connectivity index (χ2v) is 4.81. The molecule has 2 N–H and O–H groups in total. The summed E-state index contributed by atoms with van der Waals surface area (Å²) < 4.78 is 0. The Balaban J connectivity index is 2.81. The molecule has 1 amide bonds. The maximum absolute atomic E-state index is 12.1. The molecule has 0 aromatic carbocycles. The van der Waals surface area contributed by atoms with Gasteiger partial charge in [0.1, 0.15) is 0 Å². The second-order valence-electron chi connectivity index (χ2n) is 4.81. The van der Waals surface area contributed by atoms with Crippen LogP contribution in [0, 0.1) is 6.92 Å².